The minimum Gasteiger partial charge on any atom is -0.490 e. The smallest absolute Gasteiger partial charge is 0.258 e. The Balaban J connectivity index is 2.33. The van der Waals surface area contributed by atoms with E-state index in [1.54, 1.807) is 25.9 Å². The standard InChI is InChI=1S/C13H17NO3/c1-13(2,16-3)12(15)14-8-9-17-11-7-5-4-6-10(11)14/h4-7H,8-9H2,1-3H3. The van der Waals surface area contributed by atoms with Crippen molar-refractivity contribution in [3.63, 3.8) is 0 Å². The first-order valence-corrected chi connectivity index (χ1v) is 5.65. The van der Waals surface area contributed by atoms with Crippen molar-refractivity contribution >= 4 is 11.6 Å². The number of para-hydroxylation sites is 2. The number of fused-ring (bicyclic) bond motifs is 1. The van der Waals surface area contributed by atoms with Crippen molar-refractivity contribution in [1.82, 2.24) is 0 Å². The second-order valence-electron chi connectivity index (χ2n) is 4.49. The Hall–Kier alpha value is -1.55. The molecule has 2 rings (SSSR count). The molecule has 0 aliphatic carbocycles. The highest BCUT2D eigenvalue weighted by Gasteiger charge is 2.35. The highest BCUT2D eigenvalue weighted by Crippen LogP contribution is 2.32. The average Bonchev–Trinajstić information content (AvgIpc) is 2.37. The summed E-state index contributed by atoms with van der Waals surface area (Å²) in [5, 5.41) is 0. The van der Waals surface area contributed by atoms with Gasteiger partial charge in [0.25, 0.3) is 5.91 Å². The van der Waals surface area contributed by atoms with Gasteiger partial charge in [-0.2, -0.15) is 0 Å². The zero-order valence-corrected chi connectivity index (χ0v) is 10.4. The Kier molecular flexibility index (Phi) is 3.07. The molecule has 0 atom stereocenters. The first-order valence-electron chi connectivity index (χ1n) is 5.65. The van der Waals surface area contributed by atoms with Crippen LogP contribution in [0.4, 0.5) is 5.69 Å². The number of methoxy groups -OCH3 is 1. The second kappa shape index (κ2) is 4.37. The number of amides is 1. The van der Waals surface area contributed by atoms with E-state index >= 15 is 0 Å². The van der Waals surface area contributed by atoms with E-state index in [0.717, 1.165) is 11.4 Å². The fraction of sp³-hybridized carbons (Fsp3) is 0.462. The van der Waals surface area contributed by atoms with Gasteiger partial charge in [-0.1, -0.05) is 12.1 Å². The Morgan fingerprint density at radius 3 is 2.82 bits per heavy atom. The SMILES string of the molecule is COC(C)(C)C(=O)N1CCOc2ccccc21. The van der Waals surface area contributed by atoms with Gasteiger partial charge in [-0.25, -0.2) is 0 Å². The van der Waals surface area contributed by atoms with E-state index in [9.17, 15) is 4.79 Å². The molecule has 1 aliphatic rings. The molecule has 1 aromatic rings. The van der Waals surface area contributed by atoms with Crippen LogP contribution in [0, 0.1) is 0 Å². The van der Waals surface area contributed by atoms with Crippen LogP contribution in [0.3, 0.4) is 0 Å². The molecule has 4 heteroatoms. The number of benzene rings is 1. The van der Waals surface area contributed by atoms with Gasteiger partial charge >= 0.3 is 0 Å². The molecule has 0 saturated heterocycles. The maximum Gasteiger partial charge on any atom is 0.258 e. The van der Waals surface area contributed by atoms with Gasteiger partial charge in [-0.05, 0) is 26.0 Å². The van der Waals surface area contributed by atoms with Crippen LogP contribution < -0.4 is 9.64 Å². The summed E-state index contributed by atoms with van der Waals surface area (Å²) in [5.41, 5.74) is -0.00126. The van der Waals surface area contributed by atoms with E-state index in [1.165, 1.54) is 0 Å². The molecule has 1 heterocycles. The van der Waals surface area contributed by atoms with E-state index in [4.69, 9.17) is 9.47 Å². The molecule has 0 saturated carbocycles. The maximum absolute atomic E-state index is 12.4. The topological polar surface area (TPSA) is 38.8 Å². The van der Waals surface area contributed by atoms with Crippen LogP contribution in [0.25, 0.3) is 0 Å². The minimum absolute atomic E-state index is 0.0456. The van der Waals surface area contributed by atoms with Crippen molar-refractivity contribution in [3.8, 4) is 5.75 Å². The Labute approximate surface area is 101 Å². The van der Waals surface area contributed by atoms with Crippen LogP contribution in [0.5, 0.6) is 5.75 Å². The van der Waals surface area contributed by atoms with Crippen LogP contribution in [-0.2, 0) is 9.53 Å². The van der Waals surface area contributed by atoms with Crippen LogP contribution in [0.2, 0.25) is 0 Å². The fourth-order valence-electron chi connectivity index (χ4n) is 1.79. The number of carbonyl (C=O) groups excluding carboxylic acids is 1. The van der Waals surface area contributed by atoms with Gasteiger partial charge in [-0.15, -0.1) is 0 Å². The van der Waals surface area contributed by atoms with Crippen molar-refractivity contribution in [2.24, 2.45) is 0 Å². The lowest BCUT2D eigenvalue weighted by Crippen LogP contribution is -2.49. The molecule has 0 bridgehead atoms. The van der Waals surface area contributed by atoms with Crippen molar-refractivity contribution in [2.45, 2.75) is 19.4 Å². The maximum atomic E-state index is 12.4. The van der Waals surface area contributed by atoms with Crippen LogP contribution in [0.15, 0.2) is 24.3 Å². The first kappa shape index (κ1) is 11.9. The molecule has 1 aliphatic heterocycles. The highest BCUT2D eigenvalue weighted by atomic mass is 16.5. The molecule has 4 nitrogen and oxygen atoms in total. The molecule has 0 N–H and O–H groups in total. The van der Waals surface area contributed by atoms with Gasteiger partial charge in [-0.3, -0.25) is 4.79 Å². The summed E-state index contributed by atoms with van der Waals surface area (Å²) >= 11 is 0. The minimum atomic E-state index is -0.815. The molecular formula is C13H17NO3. The van der Waals surface area contributed by atoms with Crippen LogP contribution in [0.1, 0.15) is 13.8 Å². The van der Waals surface area contributed by atoms with Gasteiger partial charge < -0.3 is 14.4 Å². The molecule has 0 radical (unpaired) electrons. The van der Waals surface area contributed by atoms with Gasteiger partial charge in [0, 0.05) is 7.11 Å². The van der Waals surface area contributed by atoms with Crippen molar-refractivity contribution in [3.05, 3.63) is 24.3 Å². The number of anilines is 1. The van der Waals surface area contributed by atoms with E-state index in [1.807, 2.05) is 24.3 Å². The summed E-state index contributed by atoms with van der Waals surface area (Å²) < 4.78 is 10.8. The second-order valence-corrected chi connectivity index (χ2v) is 4.49. The van der Waals surface area contributed by atoms with E-state index < -0.39 is 5.60 Å². The lowest BCUT2D eigenvalue weighted by atomic mass is 10.1. The Bertz CT molecular complexity index is 428. The number of hydrogen-bond acceptors (Lipinski definition) is 3. The third-order valence-corrected chi connectivity index (χ3v) is 3.00. The van der Waals surface area contributed by atoms with E-state index in [2.05, 4.69) is 0 Å². The summed E-state index contributed by atoms with van der Waals surface area (Å²) in [5.74, 6) is 0.703. The van der Waals surface area contributed by atoms with Crippen molar-refractivity contribution < 1.29 is 14.3 Å². The molecule has 0 unspecified atom stereocenters. The summed E-state index contributed by atoms with van der Waals surface area (Å²) in [4.78, 5) is 14.1. The highest BCUT2D eigenvalue weighted by molar-refractivity contribution is 6.00. The third-order valence-electron chi connectivity index (χ3n) is 3.00. The monoisotopic (exact) mass is 235 g/mol. The van der Waals surface area contributed by atoms with Gasteiger partial charge in [0.05, 0.1) is 12.2 Å². The molecule has 0 spiro atoms. The van der Waals surface area contributed by atoms with Gasteiger partial charge in [0.1, 0.15) is 18.0 Å². The lowest BCUT2D eigenvalue weighted by molar-refractivity contribution is -0.136. The summed E-state index contributed by atoms with van der Waals surface area (Å²) in [7, 11) is 1.55. The fourth-order valence-corrected chi connectivity index (χ4v) is 1.79. The Morgan fingerprint density at radius 2 is 2.12 bits per heavy atom. The van der Waals surface area contributed by atoms with E-state index in [-0.39, 0.29) is 5.91 Å². The molecule has 0 fully saturated rings. The zero-order chi connectivity index (χ0) is 12.5. The van der Waals surface area contributed by atoms with Gasteiger partial charge in [0.2, 0.25) is 0 Å². The first-order chi connectivity index (χ1) is 8.06. The number of hydrogen-bond donors (Lipinski definition) is 0. The van der Waals surface area contributed by atoms with E-state index in [0.29, 0.717) is 13.2 Å². The third kappa shape index (κ3) is 2.13. The predicted molar refractivity (Wildman–Crippen MR) is 65.4 cm³/mol. The summed E-state index contributed by atoms with van der Waals surface area (Å²) in [6.45, 7) is 4.62. The predicted octanol–water partition coefficient (Wildman–Crippen LogP) is 1.84. The molecular weight excluding hydrogens is 218 g/mol. The van der Waals surface area contributed by atoms with Gasteiger partial charge in [0.15, 0.2) is 0 Å². The number of rotatable bonds is 2. The van der Waals surface area contributed by atoms with Crippen molar-refractivity contribution in [1.29, 1.82) is 0 Å². The van der Waals surface area contributed by atoms with Crippen LogP contribution in [-0.4, -0.2) is 31.8 Å². The van der Waals surface area contributed by atoms with Crippen molar-refractivity contribution in [2.75, 3.05) is 25.2 Å². The largest absolute Gasteiger partial charge is 0.490 e. The number of ether oxygens (including phenoxy) is 2. The normalized spacial score (nSPS) is 15.1. The molecule has 17 heavy (non-hydrogen) atoms. The molecule has 1 aromatic carbocycles. The van der Waals surface area contributed by atoms with Crippen LogP contribution >= 0.6 is 0 Å². The zero-order valence-electron chi connectivity index (χ0n) is 10.4. The average molecular weight is 235 g/mol. The molecule has 0 aromatic heterocycles. The Morgan fingerprint density at radius 1 is 1.41 bits per heavy atom. The lowest BCUT2D eigenvalue weighted by Gasteiger charge is -2.34. The molecule has 92 valence electrons. The number of carbonyl (C=O) groups is 1. The number of nitrogens with zero attached hydrogens (tertiary/aromatic N) is 1. The quantitative estimate of drug-likeness (QED) is 0.785. The summed E-state index contributed by atoms with van der Waals surface area (Å²) in [6.07, 6.45) is 0. The summed E-state index contributed by atoms with van der Waals surface area (Å²) in [6, 6.07) is 7.55. The molecule has 1 amide bonds.